The molecule has 3 aromatic rings. The topological polar surface area (TPSA) is 41.6 Å². The molecule has 19 heavy (non-hydrogen) atoms. The van der Waals surface area contributed by atoms with Gasteiger partial charge in [-0.3, -0.25) is 5.10 Å². The van der Waals surface area contributed by atoms with E-state index < -0.39 is 11.6 Å². The highest BCUT2D eigenvalue weighted by atomic mass is 19.1. The monoisotopic (exact) mass is 257 g/mol. The number of nitrogens with zero attached hydrogens (tertiary/aromatic N) is 2. The standard InChI is InChI=1S/C14H9F2N3/c15-10-6-7-12(16)11(8-10)14-17-13(18-19-14)9-4-2-1-3-5-9/h1-8H,(H,17,18,19). The van der Waals surface area contributed by atoms with E-state index in [-0.39, 0.29) is 11.4 Å². The molecule has 0 aliphatic heterocycles. The summed E-state index contributed by atoms with van der Waals surface area (Å²) in [5.74, 6) is -0.415. The van der Waals surface area contributed by atoms with Crippen LogP contribution < -0.4 is 0 Å². The zero-order valence-electron chi connectivity index (χ0n) is 9.77. The maximum atomic E-state index is 13.6. The van der Waals surface area contributed by atoms with Gasteiger partial charge in [0.1, 0.15) is 11.6 Å². The third-order valence-corrected chi connectivity index (χ3v) is 2.70. The maximum Gasteiger partial charge on any atom is 0.181 e. The quantitative estimate of drug-likeness (QED) is 0.764. The van der Waals surface area contributed by atoms with Crippen molar-refractivity contribution in [1.29, 1.82) is 0 Å². The van der Waals surface area contributed by atoms with Crippen molar-refractivity contribution < 1.29 is 8.78 Å². The molecule has 1 heterocycles. The van der Waals surface area contributed by atoms with Gasteiger partial charge in [-0.2, -0.15) is 5.10 Å². The van der Waals surface area contributed by atoms with Crippen molar-refractivity contribution in [3.05, 3.63) is 60.2 Å². The lowest BCUT2D eigenvalue weighted by Crippen LogP contribution is -1.88. The highest BCUT2D eigenvalue weighted by Crippen LogP contribution is 2.22. The molecule has 0 atom stereocenters. The molecule has 0 unspecified atom stereocenters. The van der Waals surface area contributed by atoms with Crippen LogP contribution in [0.5, 0.6) is 0 Å². The van der Waals surface area contributed by atoms with Gasteiger partial charge >= 0.3 is 0 Å². The minimum absolute atomic E-state index is 0.0645. The van der Waals surface area contributed by atoms with Crippen LogP contribution in [0.25, 0.3) is 22.8 Å². The van der Waals surface area contributed by atoms with Gasteiger partial charge in [0.25, 0.3) is 0 Å². The summed E-state index contributed by atoms with van der Waals surface area (Å²) >= 11 is 0. The fourth-order valence-electron chi connectivity index (χ4n) is 1.78. The molecular formula is C14H9F2N3. The Kier molecular flexibility index (Phi) is 2.79. The third kappa shape index (κ3) is 2.22. The van der Waals surface area contributed by atoms with Crippen LogP contribution >= 0.6 is 0 Å². The van der Waals surface area contributed by atoms with Crippen LogP contribution in [-0.2, 0) is 0 Å². The summed E-state index contributed by atoms with van der Waals surface area (Å²) < 4.78 is 26.7. The van der Waals surface area contributed by atoms with Crippen molar-refractivity contribution >= 4 is 0 Å². The molecule has 5 heteroatoms. The second-order valence-corrected chi connectivity index (χ2v) is 4.00. The Morgan fingerprint density at radius 2 is 1.74 bits per heavy atom. The molecule has 0 saturated carbocycles. The van der Waals surface area contributed by atoms with E-state index in [2.05, 4.69) is 15.2 Å². The lowest BCUT2D eigenvalue weighted by atomic mass is 10.2. The fourth-order valence-corrected chi connectivity index (χ4v) is 1.78. The SMILES string of the molecule is Fc1ccc(F)c(-c2nc(-c3ccccc3)n[nH]2)c1. The fraction of sp³-hybridized carbons (Fsp3) is 0. The second kappa shape index (κ2) is 4.61. The molecule has 3 nitrogen and oxygen atoms in total. The number of aromatic amines is 1. The minimum atomic E-state index is -0.544. The lowest BCUT2D eigenvalue weighted by molar-refractivity contribution is 0.602. The molecule has 0 radical (unpaired) electrons. The Balaban J connectivity index is 2.04. The Bertz CT molecular complexity index is 708. The lowest BCUT2D eigenvalue weighted by Gasteiger charge is -1.98. The van der Waals surface area contributed by atoms with Gasteiger partial charge in [0.2, 0.25) is 0 Å². The first kappa shape index (κ1) is 11.5. The van der Waals surface area contributed by atoms with E-state index in [0.29, 0.717) is 5.82 Å². The van der Waals surface area contributed by atoms with Crippen LogP contribution in [0, 0.1) is 11.6 Å². The molecule has 0 aliphatic carbocycles. The molecule has 0 fully saturated rings. The average molecular weight is 257 g/mol. The van der Waals surface area contributed by atoms with Crippen molar-refractivity contribution in [2.75, 3.05) is 0 Å². The van der Waals surface area contributed by atoms with E-state index in [4.69, 9.17) is 0 Å². The Morgan fingerprint density at radius 1 is 0.947 bits per heavy atom. The van der Waals surface area contributed by atoms with Crippen molar-refractivity contribution in [2.45, 2.75) is 0 Å². The summed E-state index contributed by atoms with van der Waals surface area (Å²) in [6.45, 7) is 0. The summed E-state index contributed by atoms with van der Waals surface area (Å²) in [5.41, 5.74) is 0.872. The van der Waals surface area contributed by atoms with E-state index in [1.807, 2.05) is 30.3 Å². The number of hydrogen-bond acceptors (Lipinski definition) is 2. The van der Waals surface area contributed by atoms with E-state index in [1.54, 1.807) is 0 Å². The first-order chi connectivity index (χ1) is 9.24. The third-order valence-electron chi connectivity index (χ3n) is 2.70. The van der Waals surface area contributed by atoms with Crippen LogP contribution in [-0.4, -0.2) is 15.2 Å². The van der Waals surface area contributed by atoms with Gasteiger partial charge in [-0.15, -0.1) is 0 Å². The van der Waals surface area contributed by atoms with Crippen LogP contribution in [0.3, 0.4) is 0 Å². The minimum Gasteiger partial charge on any atom is -0.259 e. The number of H-pyrrole nitrogens is 1. The van der Waals surface area contributed by atoms with E-state index in [1.165, 1.54) is 0 Å². The van der Waals surface area contributed by atoms with Crippen molar-refractivity contribution in [3.8, 4) is 22.8 Å². The van der Waals surface area contributed by atoms with Crippen molar-refractivity contribution in [1.82, 2.24) is 15.2 Å². The molecule has 1 N–H and O–H groups in total. The second-order valence-electron chi connectivity index (χ2n) is 4.00. The molecule has 0 bridgehead atoms. The molecule has 0 spiro atoms. The smallest absolute Gasteiger partial charge is 0.181 e. The van der Waals surface area contributed by atoms with E-state index >= 15 is 0 Å². The molecule has 3 rings (SSSR count). The van der Waals surface area contributed by atoms with Crippen molar-refractivity contribution in [2.24, 2.45) is 0 Å². The number of aromatic nitrogens is 3. The predicted octanol–water partition coefficient (Wildman–Crippen LogP) is 3.42. The Hall–Kier alpha value is -2.56. The molecule has 2 aromatic carbocycles. The van der Waals surface area contributed by atoms with Gasteiger partial charge < -0.3 is 0 Å². The summed E-state index contributed by atoms with van der Waals surface area (Å²) in [7, 11) is 0. The van der Waals surface area contributed by atoms with Gasteiger partial charge in [0.15, 0.2) is 11.6 Å². The number of nitrogens with one attached hydrogen (secondary N) is 1. The van der Waals surface area contributed by atoms with Gasteiger partial charge in [-0.25, -0.2) is 13.8 Å². The van der Waals surface area contributed by atoms with E-state index in [0.717, 1.165) is 23.8 Å². The molecule has 0 amide bonds. The molecule has 1 aromatic heterocycles. The summed E-state index contributed by atoms with van der Waals surface area (Å²) in [4.78, 5) is 4.18. The van der Waals surface area contributed by atoms with Gasteiger partial charge in [0, 0.05) is 5.56 Å². The van der Waals surface area contributed by atoms with Crippen LogP contribution in [0.4, 0.5) is 8.78 Å². The first-order valence-corrected chi connectivity index (χ1v) is 5.67. The predicted molar refractivity (Wildman–Crippen MR) is 67.2 cm³/mol. The molecule has 0 aliphatic rings. The van der Waals surface area contributed by atoms with Gasteiger partial charge in [0.05, 0.1) is 5.56 Å². The summed E-state index contributed by atoms with van der Waals surface area (Å²) in [6, 6.07) is 12.5. The number of halogens is 2. The Labute approximate surface area is 107 Å². The highest BCUT2D eigenvalue weighted by molar-refractivity contribution is 5.61. The summed E-state index contributed by atoms with van der Waals surface area (Å²) in [5, 5.41) is 6.63. The zero-order chi connectivity index (χ0) is 13.2. The number of rotatable bonds is 2. The molecular weight excluding hydrogens is 248 g/mol. The first-order valence-electron chi connectivity index (χ1n) is 5.67. The van der Waals surface area contributed by atoms with Crippen molar-refractivity contribution in [3.63, 3.8) is 0 Å². The van der Waals surface area contributed by atoms with Gasteiger partial charge in [-0.05, 0) is 18.2 Å². The number of benzene rings is 2. The van der Waals surface area contributed by atoms with Crippen LogP contribution in [0.1, 0.15) is 0 Å². The van der Waals surface area contributed by atoms with E-state index in [9.17, 15) is 8.78 Å². The normalized spacial score (nSPS) is 10.6. The molecule has 94 valence electrons. The molecule has 0 saturated heterocycles. The average Bonchev–Trinajstić information content (AvgIpc) is 2.92. The number of hydrogen-bond donors (Lipinski definition) is 1. The maximum absolute atomic E-state index is 13.6. The van der Waals surface area contributed by atoms with Crippen LogP contribution in [0.15, 0.2) is 48.5 Å². The largest absolute Gasteiger partial charge is 0.259 e. The zero-order valence-corrected chi connectivity index (χ0v) is 9.77. The Morgan fingerprint density at radius 3 is 2.53 bits per heavy atom. The van der Waals surface area contributed by atoms with Gasteiger partial charge in [-0.1, -0.05) is 30.3 Å². The summed E-state index contributed by atoms with van der Waals surface area (Å²) in [6.07, 6.45) is 0. The highest BCUT2D eigenvalue weighted by Gasteiger charge is 2.12. The van der Waals surface area contributed by atoms with Crippen LogP contribution in [0.2, 0.25) is 0 Å².